The number of aromatic amines is 1. The summed E-state index contributed by atoms with van der Waals surface area (Å²) < 4.78 is 71.1. The molecule has 0 saturated heterocycles. The van der Waals surface area contributed by atoms with Crippen LogP contribution in [0.5, 0.6) is 11.5 Å². The molecule has 0 aliphatic rings. The summed E-state index contributed by atoms with van der Waals surface area (Å²) in [5, 5.41) is 9.22. The van der Waals surface area contributed by atoms with E-state index in [1.54, 1.807) is 18.2 Å². The minimum atomic E-state index is -4.57. The van der Waals surface area contributed by atoms with E-state index in [0.717, 1.165) is 40.3 Å². The number of thioether (sulfide) groups is 1. The number of nitrogens with one attached hydrogen (secondary N) is 1. The molecule has 3 aromatic carbocycles. The van der Waals surface area contributed by atoms with Crippen LogP contribution in [-0.2, 0) is 20.8 Å². The molecular weight excluding hydrogens is 515 g/mol. The van der Waals surface area contributed by atoms with Crippen molar-refractivity contribution in [3.05, 3.63) is 77.5 Å². The van der Waals surface area contributed by atoms with Crippen molar-refractivity contribution < 1.29 is 36.2 Å². The van der Waals surface area contributed by atoms with Crippen LogP contribution in [0, 0.1) is 13.8 Å². The average Bonchev–Trinajstić information content (AvgIpc) is 3.24. The van der Waals surface area contributed by atoms with Gasteiger partial charge in [-0.25, -0.2) is 8.42 Å². The van der Waals surface area contributed by atoms with Gasteiger partial charge in [-0.3, -0.25) is 4.79 Å². The van der Waals surface area contributed by atoms with Crippen molar-refractivity contribution >= 4 is 38.5 Å². The number of carbonyl (C=O) groups is 1. The van der Waals surface area contributed by atoms with Crippen LogP contribution < -0.4 is 4.74 Å². The van der Waals surface area contributed by atoms with Crippen molar-refractivity contribution in [2.75, 3.05) is 5.75 Å². The quantitative estimate of drug-likeness (QED) is 0.259. The van der Waals surface area contributed by atoms with Crippen LogP contribution in [0.1, 0.15) is 16.7 Å². The van der Waals surface area contributed by atoms with E-state index >= 15 is 0 Å². The number of sulfone groups is 1. The Morgan fingerprint density at radius 1 is 1.03 bits per heavy atom. The molecule has 6 nitrogen and oxygen atoms in total. The first-order valence-corrected chi connectivity index (χ1v) is 13.0. The number of ether oxygens (including phenoxy) is 1. The Labute approximate surface area is 209 Å². The molecular formula is C25H20F3NO5S2. The molecule has 36 heavy (non-hydrogen) atoms. The number of aryl methyl sites for hydroxylation is 2. The van der Waals surface area contributed by atoms with Crippen LogP contribution in [0.15, 0.2) is 75.5 Å². The highest BCUT2D eigenvalue weighted by Gasteiger charge is 2.31. The van der Waals surface area contributed by atoms with Gasteiger partial charge in [0.1, 0.15) is 11.5 Å². The molecule has 0 amide bonds. The van der Waals surface area contributed by atoms with Gasteiger partial charge in [0.05, 0.1) is 21.1 Å². The molecule has 0 atom stereocenters. The summed E-state index contributed by atoms with van der Waals surface area (Å²) in [6, 6.07) is 11.8. The number of fused-ring (bicyclic) bond motifs is 1. The summed E-state index contributed by atoms with van der Waals surface area (Å²) in [5.41, 5.74) is 1.13. The molecule has 0 unspecified atom stereocenters. The SMILES string of the molecule is Cc1cc(SCC(=O)O)cc(C)c1Oc1ccc2[nH]cc(S(=O)(=O)c3ccc(C(F)(F)F)cc3)c2c1. The molecule has 0 fully saturated rings. The van der Waals surface area contributed by atoms with Crippen LogP contribution in [0.25, 0.3) is 10.9 Å². The van der Waals surface area contributed by atoms with Crippen molar-refractivity contribution in [2.24, 2.45) is 0 Å². The Morgan fingerprint density at radius 3 is 2.25 bits per heavy atom. The van der Waals surface area contributed by atoms with E-state index in [1.165, 1.54) is 18.0 Å². The van der Waals surface area contributed by atoms with Crippen LogP contribution in [0.2, 0.25) is 0 Å². The fourth-order valence-electron chi connectivity index (χ4n) is 3.73. The van der Waals surface area contributed by atoms with E-state index < -0.39 is 27.5 Å². The highest BCUT2D eigenvalue weighted by atomic mass is 32.2. The Kier molecular flexibility index (Phi) is 6.80. The van der Waals surface area contributed by atoms with Crippen molar-refractivity contribution in [1.82, 2.24) is 4.98 Å². The number of aromatic nitrogens is 1. The zero-order valence-electron chi connectivity index (χ0n) is 19.0. The summed E-state index contributed by atoms with van der Waals surface area (Å²) in [5.74, 6) is -0.0725. The fourth-order valence-corrected chi connectivity index (χ4v) is 5.96. The van der Waals surface area contributed by atoms with E-state index in [1.807, 2.05) is 26.0 Å². The highest BCUT2D eigenvalue weighted by molar-refractivity contribution is 8.00. The number of rotatable bonds is 7. The lowest BCUT2D eigenvalue weighted by atomic mass is 10.1. The molecule has 188 valence electrons. The summed E-state index contributed by atoms with van der Waals surface area (Å²) >= 11 is 1.19. The molecule has 0 spiro atoms. The number of alkyl halides is 3. The second-order valence-corrected chi connectivity index (χ2v) is 11.0. The van der Waals surface area contributed by atoms with Crippen molar-refractivity contribution in [3.8, 4) is 11.5 Å². The second-order valence-electron chi connectivity index (χ2n) is 8.06. The smallest absolute Gasteiger partial charge is 0.416 e. The van der Waals surface area contributed by atoms with Crippen molar-refractivity contribution in [2.45, 2.75) is 34.7 Å². The van der Waals surface area contributed by atoms with Crippen LogP contribution in [0.3, 0.4) is 0 Å². The number of hydrogen-bond donors (Lipinski definition) is 2. The number of H-pyrrole nitrogens is 1. The number of halogens is 3. The van der Waals surface area contributed by atoms with Gasteiger partial charge in [-0.15, -0.1) is 11.8 Å². The van der Waals surface area contributed by atoms with E-state index in [9.17, 15) is 26.4 Å². The van der Waals surface area contributed by atoms with E-state index in [-0.39, 0.29) is 15.5 Å². The molecule has 0 aliphatic carbocycles. The summed E-state index contributed by atoms with van der Waals surface area (Å²) in [7, 11) is -4.11. The molecule has 4 rings (SSSR count). The largest absolute Gasteiger partial charge is 0.481 e. The number of carboxylic acid groups (broad SMARTS) is 1. The van der Waals surface area contributed by atoms with E-state index in [4.69, 9.17) is 9.84 Å². The van der Waals surface area contributed by atoms with Gasteiger partial charge < -0.3 is 14.8 Å². The molecule has 1 heterocycles. The Morgan fingerprint density at radius 2 is 1.67 bits per heavy atom. The summed E-state index contributed by atoms with van der Waals surface area (Å²) in [6.45, 7) is 3.64. The van der Waals surface area contributed by atoms with Gasteiger partial charge in [0.15, 0.2) is 0 Å². The third-order valence-corrected chi connectivity index (χ3v) is 8.18. The molecule has 1 aromatic heterocycles. The van der Waals surface area contributed by atoms with Gasteiger partial charge in [-0.1, -0.05) is 0 Å². The highest BCUT2D eigenvalue weighted by Crippen LogP contribution is 2.37. The first-order valence-electron chi connectivity index (χ1n) is 10.5. The maximum absolute atomic E-state index is 13.2. The lowest BCUT2D eigenvalue weighted by Gasteiger charge is -2.14. The molecule has 0 aliphatic heterocycles. The van der Waals surface area contributed by atoms with Gasteiger partial charge in [0.2, 0.25) is 9.84 Å². The van der Waals surface area contributed by atoms with E-state index in [2.05, 4.69) is 4.98 Å². The third kappa shape index (κ3) is 5.21. The molecule has 0 radical (unpaired) electrons. The standard InChI is InChI=1S/C25H20F3NO5S2/c1-14-9-18(35-13-23(30)31)10-15(2)24(14)34-17-5-8-21-20(11-17)22(12-29-21)36(32,33)19-6-3-16(4-7-19)25(26,27)28/h3-12,29H,13H2,1-2H3,(H,30,31). The number of benzene rings is 3. The van der Waals surface area contributed by atoms with Crippen LogP contribution in [0.4, 0.5) is 13.2 Å². The lowest BCUT2D eigenvalue weighted by Crippen LogP contribution is -2.06. The minimum Gasteiger partial charge on any atom is -0.481 e. The normalized spacial score (nSPS) is 12.1. The zero-order chi connectivity index (χ0) is 26.3. The van der Waals surface area contributed by atoms with Gasteiger partial charge in [0, 0.05) is 22.0 Å². The van der Waals surface area contributed by atoms with Gasteiger partial charge in [0.25, 0.3) is 0 Å². The predicted molar refractivity (Wildman–Crippen MR) is 130 cm³/mol. The number of carboxylic acids is 1. The first-order chi connectivity index (χ1) is 16.9. The topological polar surface area (TPSA) is 96.5 Å². The molecule has 2 N–H and O–H groups in total. The van der Waals surface area contributed by atoms with E-state index in [0.29, 0.717) is 22.4 Å². The maximum Gasteiger partial charge on any atom is 0.416 e. The lowest BCUT2D eigenvalue weighted by molar-refractivity contribution is -0.137. The van der Waals surface area contributed by atoms with Gasteiger partial charge in [-0.2, -0.15) is 13.2 Å². The number of hydrogen-bond acceptors (Lipinski definition) is 5. The van der Waals surface area contributed by atoms with Crippen LogP contribution >= 0.6 is 11.8 Å². The second kappa shape index (κ2) is 9.55. The van der Waals surface area contributed by atoms with Crippen molar-refractivity contribution in [3.63, 3.8) is 0 Å². The first kappa shape index (κ1) is 25.6. The Hall–Kier alpha value is -3.44. The van der Waals surface area contributed by atoms with Crippen molar-refractivity contribution in [1.29, 1.82) is 0 Å². The van der Waals surface area contributed by atoms with Gasteiger partial charge in [-0.05, 0) is 79.6 Å². The molecule has 11 heteroatoms. The van der Waals surface area contributed by atoms with Crippen LogP contribution in [-0.4, -0.2) is 30.2 Å². The number of aliphatic carboxylic acids is 1. The Bertz CT molecular complexity index is 1540. The predicted octanol–water partition coefficient (Wildman–Crippen LogP) is 6.61. The summed E-state index contributed by atoms with van der Waals surface area (Å²) in [4.78, 5) is 14.2. The molecule has 0 bridgehead atoms. The summed E-state index contributed by atoms with van der Waals surface area (Å²) in [6.07, 6.45) is -3.27. The van der Waals surface area contributed by atoms with Gasteiger partial charge >= 0.3 is 12.1 Å². The zero-order valence-corrected chi connectivity index (χ0v) is 20.6. The average molecular weight is 536 g/mol. The molecule has 0 saturated carbocycles. The molecule has 4 aromatic rings. The minimum absolute atomic E-state index is 0.0700. The maximum atomic E-state index is 13.2. The monoisotopic (exact) mass is 535 g/mol. The Balaban J connectivity index is 1.67. The third-order valence-electron chi connectivity index (χ3n) is 5.41. The fraction of sp³-hybridized carbons (Fsp3) is 0.160.